The third-order valence-electron chi connectivity index (χ3n) is 3.36. The first-order chi connectivity index (χ1) is 10.9. The van der Waals surface area contributed by atoms with Gasteiger partial charge in [-0.05, 0) is 41.5 Å². The smallest absolute Gasteiger partial charge is 0.163 e. The number of hydrogen-bond donors (Lipinski definition) is 2. The van der Waals surface area contributed by atoms with Gasteiger partial charge in [0, 0.05) is 36.9 Å². The Morgan fingerprint density at radius 1 is 1.26 bits per heavy atom. The van der Waals surface area contributed by atoms with E-state index in [9.17, 15) is 10.5 Å². The number of nitrogens with zero attached hydrogens (tertiary/aromatic N) is 2. The SMILES string of the molecule is CN(C)c1ccc(/C=C(/C#N)c2ccc([NH+]([O-])O)cc2)c(Cl)c1. The quantitative estimate of drug-likeness (QED) is 0.514. The highest BCUT2D eigenvalue weighted by Gasteiger charge is 2.07. The summed E-state index contributed by atoms with van der Waals surface area (Å²) in [6.07, 6.45) is 1.69. The molecule has 0 aliphatic rings. The lowest BCUT2D eigenvalue weighted by atomic mass is 10.0. The fraction of sp³-hybridized carbons (Fsp3) is 0.118. The average Bonchev–Trinajstić information content (AvgIpc) is 2.53. The lowest BCUT2D eigenvalue weighted by Crippen LogP contribution is -2.99. The van der Waals surface area contributed by atoms with Gasteiger partial charge < -0.3 is 10.1 Å². The molecule has 0 heterocycles. The molecule has 23 heavy (non-hydrogen) atoms. The standard InChI is InChI=1S/C17H16ClN3O2/c1-20(2)16-8-5-13(17(18)10-16)9-14(11-19)12-3-6-15(7-4-12)21(22)23/h3-10,21-22H,1-2H3/b14-9-. The van der Waals surface area contributed by atoms with Crippen LogP contribution >= 0.6 is 11.6 Å². The van der Waals surface area contributed by atoms with Crippen molar-refractivity contribution in [3.8, 4) is 6.07 Å². The van der Waals surface area contributed by atoms with Crippen molar-refractivity contribution in [2.24, 2.45) is 0 Å². The monoisotopic (exact) mass is 329 g/mol. The van der Waals surface area contributed by atoms with E-state index in [1.807, 2.05) is 37.2 Å². The number of halogens is 1. The number of quaternary nitrogens is 1. The number of rotatable bonds is 4. The minimum absolute atomic E-state index is 0.180. The van der Waals surface area contributed by atoms with E-state index in [-0.39, 0.29) is 5.69 Å². The van der Waals surface area contributed by atoms with Crippen LogP contribution in [-0.2, 0) is 0 Å². The third kappa shape index (κ3) is 4.09. The molecule has 2 rings (SSSR count). The van der Waals surface area contributed by atoms with Crippen molar-refractivity contribution >= 4 is 34.6 Å². The molecule has 0 aromatic heterocycles. The van der Waals surface area contributed by atoms with Crippen molar-refractivity contribution in [1.29, 1.82) is 5.26 Å². The number of hydrogen-bond acceptors (Lipinski definition) is 4. The average molecular weight is 330 g/mol. The molecular formula is C17H16ClN3O2. The number of benzene rings is 2. The van der Waals surface area contributed by atoms with Crippen molar-refractivity contribution in [2.45, 2.75) is 0 Å². The molecule has 0 saturated carbocycles. The predicted molar refractivity (Wildman–Crippen MR) is 91.5 cm³/mol. The van der Waals surface area contributed by atoms with Crippen LogP contribution in [0.5, 0.6) is 0 Å². The summed E-state index contributed by atoms with van der Waals surface area (Å²) in [7, 11) is 3.85. The molecule has 0 amide bonds. The van der Waals surface area contributed by atoms with Gasteiger partial charge in [0.25, 0.3) is 0 Å². The number of nitrogens with one attached hydrogen (secondary N) is 1. The Morgan fingerprint density at radius 3 is 2.39 bits per heavy atom. The summed E-state index contributed by atoms with van der Waals surface area (Å²) >= 11 is 6.27. The molecule has 0 saturated heterocycles. The van der Waals surface area contributed by atoms with Crippen LogP contribution < -0.4 is 10.1 Å². The van der Waals surface area contributed by atoms with Crippen LogP contribution in [0.15, 0.2) is 42.5 Å². The maximum Gasteiger partial charge on any atom is 0.163 e. The molecule has 1 atom stereocenters. The molecule has 2 aromatic carbocycles. The van der Waals surface area contributed by atoms with Gasteiger partial charge in [-0.1, -0.05) is 17.7 Å². The fourth-order valence-electron chi connectivity index (χ4n) is 2.04. The van der Waals surface area contributed by atoms with Crippen LogP contribution in [0.2, 0.25) is 5.02 Å². The summed E-state index contributed by atoms with van der Waals surface area (Å²) in [6.45, 7) is 0. The van der Waals surface area contributed by atoms with Gasteiger partial charge in [-0.3, -0.25) is 0 Å². The van der Waals surface area contributed by atoms with E-state index < -0.39 is 5.23 Å². The Kier molecular flexibility index (Phi) is 5.37. The first kappa shape index (κ1) is 17.0. The minimum Gasteiger partial charge on any atom is -0.595 e. The Morgan fingerprint density at radius 2 is 1.91 bits per heavy atom. The van der Waals surface area contributed by atoms with E-state index in [1.54, 1.807) is 18.2 Å². The van der Waals surface area contributed by atoms with Gasteiger partial charge in [0.15, 0.2) is 5.69 Å². The summed E-state index contributed by atoms with van der Waals surface area (Å²) < 4.78 is 0. The van der Waals surface area contributed by atoms with Crippen molar-refractivity contribution < 1.29 is 10.4 Å². The second kappa shape index (κ2) is 7.27. The van der Waals surface area contributed by atoms with Gasteiger partial charge in [0.05, 0.1) is 11.6 Å². The highest BCUT2D eigenvalue weighted by molar-refractivity contribution is 6.32. The van der Waals surface area contributed by atoms with Gasteiger partial charge in [0.1, 0.15) is 0 Å². The van der Waals surface area contributed by atoms with Gasteiger partial charge in [0.2, 0.25) is 0 Å². The summed E-state index contributed by atoms with van der Waals surface area (Å²) in [6, 6.07) is 13.9. The molecule has 0 bridgehead atoms. The van der Waals surface area contributed by atoms with Crippen LogP contribution in [0.1, 0.15) is 11.1 Å². The first-order valence-corrected chi connectivity index (χ1v) is 7.22. The highest BCUT2D eigenvalue weighted by Crippen LogP contribution is 2.27. The van der Waals surface area contributed by atoms with Gasteiger partial charge in [-0.2, -0.15) is 10.5 Å². The van der Waals surface area contributed by atoms with Gasteiger partial charge in [-0.25, -0.2) is 5.21 Å². The summed E-state index contributed by atoms with van der Waals surface area (Å²) in [5, 5.41) is 28.7. The van der Waals surface area contributed by atoms with Crippen LogP contribution in [0, 0.1) is 16.5 Å². The van der Waals surface area contributed by atoms with Crippen molar-refractivity contribution in [2.75, 3.05) is 19.0 Å². The maximum atomic E-state index is 10.9. The Bertz CT molecular complexity index is 762. The zero-order chi connectivity index (χ0) is 17.0. The van der Waals surface area contributed by atoms with Crippen molar-refractivity contribution in [3.63, 3.8) is 0 Å². The van der Waals surface area contributed by atoms with Crippen LogP contribution in [0.25, 0.3) is 11.6 Å². The van der Waals surface area contributed by atoms with Gasteiger partial charge >= 0.3 is 0 Å². The lowest BCUT2D eigenvalue weighted by Gasteiger charge is -2.13. The molecule has 118 valence electrons. The zero-order valence-electron chi connectivity index (χ0n) is 12.7. The molecule has 0 fully saturated rings. The number of allylic oxidation sites excluding steroid dienone is 1. The van der Waals surface area contributed by atoms with E-state index in [4.69, 9.17) is 16.8 Å². The Hall–Kier alpha value is -2.36. The molecule has 1 unspecified atom stereocenters. The maximum absolute atomic E-state index is 10.9. The largest absolute Gasteiger partial charge is 0.595 e. The van der Waals surface area contributed by atoms with Crippen LogP contribution in [0.3, 0.4) is 0 Å². The second-order valence-corrected chi connectivity index (χ2v) is 5.56. The number of anilines is 1. The topological polar surface area (TPSA) is 74.8 Å². The minimum atomic E-state index is -0.999. The molecule has 0 aliphatic heterocycles. The molecule has 0 aliphatic carbocycles. The van der Waals surface area contributed by atoms with Crippen LogP contribution in [-0.4, -0.2) is 19.3 Å². The molecule has 6 heteroatoms. The fourth-order valence-corrected chi connectivity index (χ4v) is 2.27. The Labute approximate surface area is 139 Å². The molecule has 0 spiro atoms. The van der Waals surface area contributed by atoms with E-state index in [1.165, 1.54) is 12.1 Å². The van der Waals surface area contributed by atoms with E-state index >= 15 is 0 Å². The number of nitriles is 1. The van der Waals surface area contributed by atoms with Crippen LogP contribution in [0.4, 0.5) is 11.4 Å². The zero-order valence-corrected chi connectivity index (χ0v) is 13.5. The molecular weight excluding hydrogens is 314 g/mol. The first-order valence-electron chi connectivity index (χ1n) is 6.85. The molecule has 5 nitrogen and oxygen atoms in total. The normalized spacial score (nSPS) is 12.6. The van der Waals surface area contributed by atoms with E-state index in [0.717, 1.165) is 11.3 Å². The summed E-state index contributed by atoms with van der Waals surface area (Å²) in [4.78, 5) is 1.94. The Balaban J connectivity index is 2.37. The lowest BCUT2D eigenvalue weighted by molar-refractivity contribution is -0.991. The third-order valence-corrected chi connectivity index (χ3v) is 3.69. The van der Waals surface area contributed by atoms with E-state index in [2.05, 4.69) is 6.07 Å². The summed E-state index contributed by atoms with van der Waals surface area (Å²) in [5.74, 6) is 0. The highest BCUT2D eigenvalue weighted by atomic mass is 35.5. The summed E-state index contributed by atoms with van der Waals surface area (Å²) in [5.41, 5.74) is 2.94. The van der Waals surface area contributed by atoms with Crippen molar-refractivity contribution in [1.82, 2.24) is 0 Å². The van der Waals surface area contributed by atoms with Gasteiger partial charge in [-0.15, -0.1) is 0 Å². The molecule has 0 radical (unpaired) electrons. The van der Waals surface area contributed by atoms with E-state index in [0.29, 0.717) is 16.2 Å². The predicted octanol–water partition coefficient (Wildman–Crippen LogP) is 2.87. The van der Waals surface area contributed by atoms with Crippen molar-refractivity contribution in [3.05, 3.63) is 63.8 Å². The molecule has 2 N–H and O–H groups in total. The molecule has 2 aromatic rings. The second-order valence-electron chi connectivity index (χ2n) is 5.15.